The van der Waals surface area contributed by atoms with Crippen molar-refractivity contribution < 1.29 is 14.6 Å². The Hall–Kier alpha value is -2.42. The number of hydrogen-bond donors (Lipinski definition) is 1. The maximum atomic E-state index is 9.56. The van der Waals surface area contributed by atoms with E-state index in [9.17, 15) is 5.11 Å². The number of aromatic hydroxyl groups is 1. The van der Waals surface area contributed by atoms with Crippen LogP contribution in [0.4, 0.5) is 0 Å². The summed E-state index contributed by atoms with van der Waals surface area (Å²) >= 11 is 0. The zero-order chi connectivity index (χ0) is 16.4. The number of methoxy groups -OCH3 is 1. The summed E-state index contributed by atoms with van der Waals surface area (Å²) in [5.41, 5.74) is 2.97. The van der Waals surface area contributed by atoms with Crippen LogP contribution in [-0.4, -0.2) is 17.8 Å². The van der Waals surface area contributed by atoms with Gasteiger partial charge in [0.1, 0.15) is 22.8 Å². The van der Waals surface area contributed by atoms with E-state index in [0.717, 1.165) is 41.0 Å². The van der Waals surface area contributed by atoms with Crippen LogP contribution >= 0.6 is 0 Å². The lowest BCUT2D eigenvalue weighted by molar-refractivity contribution is 0.158. The number of fused-ring (bicyclic) bond motifs is 1. The molecule has 1 heterocycles. The third kappa shape index (κ3) is 3.50. The van der Waals surface area contributed by atoms with E-state index in [0.29, 0.717) is 5.75 Å². The third-order valence-corrected chi connectivity index (χ3v) is 4.02. The quantitative estimate of drug-likeness (QED) is 0.911. The molecule has 0 bridgehead atoms. The highest BCUT2D eigenvalue weighted by Gasteiger charge is 2.24. The number of phenols is 1. The highest BCUT2D eigenvalue weighted by Crippen LogP contribution is 2.38. The summed E-state index contributed by atoms with van der Waals surface area (Å²) in [5, 5.41) is 9.56. The van der Waals surface area contributed by atoms with Gasteiger partial charge in [-0.05, 0) is 74.2 Å². The third-order valence-electron chi connectivity index (χ3n) is 4.02. The van der Waals surface area contributed by atoms with Gasteiger partial charge in [-0.15, -0.1) is 0 Å². The fourth-order valence-electron chi connectivity index (χ4n) is 2.82. The van der Waals surface area contributed by atoms with Crippen molar-refractivity contribution in [3.05, 3.63) is 59.2 Å². The van der Waals surface area contributed by atoms with E-state index >= 15 is 0 Å². The molecule has 0 atom stereocenters. The minimum absolute atomic E-state index is 0.304. The van der Waals surface area contributed by atoms with Gasteiger partial charge in [0.05, 0.1) is 12.7 Å². The Morgan fingerprint density at radius 3 is 2.61 bits per heavy atom. The van der Waals surface area contributed by atoms with Crippen molar-refractivity contribution in [3.8, 4) is 17.2 Å². The summed E-state index contributed by atoms with van der Waals surface area (Å²) in [4.78, 5) is 0. The predicted octanol–water partition coefficient (Wildman–Crippen LogP) is 4.37. The van der Waals surface area contributed by atoms with Crippen molar-refractivity contribution in [1.82, 2.24) is 0 Å². The Kier molecular flexibility index (Phi) is 4.03. The molecule has 0 radical (unpaired) electrons. The van der Waals surface area contributed by atoms with E-state index in [2.05, 4.69) is 18.2 Å². The molecule has 0 amide bonds. The Morgan fingerprint density at radius 2 is 1.87 bits per heavy atom. The largest absolute Gasteiger partial charge is 0.508 e. The topological polar surface area (TPSA) is 38.7 Å². The summed E-state index contributed by atoms with van der Waals surface area (Å²) in [6.07, 6.45) is 5.83. The van der Waals surface area contributed by atoms with Gasteiger partial charge in [-0.1, -0.05) is 12.1 Å². The van der Waals surface area contributed by atoms with Gasteiger partial charge in [0.2, 0.25) is 0 Å². The van der Waals surface area contributed by atoms with Crippen LogP contribution in [0, 0.1) is 0 Å². The van der Waals surface area contributed by atoms with Crippen molar-refractivity contribution in [2.75, 3.05) is 7.11 Å². The zero-order valence-corrected chi connectivity index (χ0v) is 13.8. The number of hydrogen-bond acceptors (Lipinski definition) is 3. The molecule has 0 unspecified atom stereocenters. The maximum Gasteiger partial charge on any atom is 0.131 e. The number of aryl methyl sites for hydroxylation is 2. The molecule has 1 aliphatic rings. The van der Waals surface area contributed by atoms with Gasteiger partial charge in [0, 0.05) is 0 Å². The average Bonchev–Trinajstić information content (AvgIpc) is 2.51. The molecule has 3 nitrogen and oxygen atoms in total. The first-order chi connectivity index (χ1) is 11.0. The molecule has 3 rings (SSSR count). The van der Waals surface area contributed by atoms with Gasteiger partial charge in [-0.25, -0.2) is 0 Å². The minimum Gasteiger partial charge on any atom is -0.508 e. The molecule has 0 spiro atoms. The summed E-state index contributed by atoms with van der Waals surface area (Å²) in [6.45, 7) is 4.08. The fraction of sp³-hybridized carbons (Fsp3) is 0.300. The highest BCUT2D eigenvalue weighted by atomic mass is 16.5. The number of benzene rings is 2. The van der Waals surface area contributed by atoms with Gasteiger partial charge in [0.15, 0.2) is 0 Å². The number of ether oxygens (including phenoxy) is 2. The monoisotopic (exact) mass is 310 g/mol. The van der Waals surface area contributed by atoms with Crippen LogP contribution in [-0.2, 0) is 12.8 Å². The number of rotatable bonds is 4. The first-order valence-corrected chi connectivity index (χ1v) is 7.84. The molecule has 0 aromatic heterocycles. The van der Waals surface area contributed by atoms with Crippen molar-refractivity contribution >= 4 is 6.08 Å². The van der Waals surface area contributed by atoms with E-state index in [1.165, 1.54) is 0 Å². The van der Waals surface area contributed by atoms with Crippen molar-refractivity contribution in [3.63, 3.8) is 0 Å². The fourth-order valence-corrected chi connectivity index (χ4v) is 2.82. The van der Waals surface area contributed by atoms with Gasteiger partial charge >= 0.3 is 0 Å². The lowest BCUT2D eigenvalue weighted by Gasteiger charge is -2.29. The van der Waals surface area contributed by atoms with Crippen molar-refractivity contribution in [2.24, 2.45) is 0 Å². The molecule has 3 heteroatoms. The van der Waals surface area contributed by atoms with Crippen LogP contribution in [0.25, 0.3) is 6.08 Å². The van der Waals surface area contributed by atoms with Gasteiger partial charge in [-0.2, -0.15) is 0 Å². The normalized spacial score (nSPS) is 14.9. The summed E-state index contributed by atoms with van der Waals surface area (Å²) in [7, 11) is 1.68. The molecule has 23 heavy (non-hydrogen) atoms. The second-order valence-electron chi connectivity index (χ2n) is 6.42. The summed E-state index contributed by atoms with van der Waals surface area (Å²) in [6, 6.07) is 11.5. The molecule has 120 valence electrons. The molecule has 0 saturated carbocycles. The summed E-state index contributed by atoms with van der Waals surface area (Å²) < 4.78 is 11.6. The van der Waals surface area contributed by atoms with Crippen LogP contribution in [0.2, 0.25) is 0 Å². The van der Waals surface area contributed by atoms with Gasteiger partial charge < -0.3 is 14.6 Å². The van der Waals surface area contributed by atoms with E-state index in [1.807, 2.05) is 32.1 Å². The molecule has 2 aromatic rings. The van der Waals surface area contributed by atoms with Crippen LogP contribution < -0.4 is 9.47 Å². The Morgan fingerprint density at radius 1 is 1.09 bits per heavy atom. The average molecular weight is 310 g/mol. The smallest absolute Gasteiger partial charge is 0.131 e. The molecule has 2 aromatic carbocycles. The van der Waals surface area contributed by atoms with Crippen LogP contribution in [0.15, 0.2) is 42.5 Å². The summed E-state index contributed by atoms with van der Waals surface area (Å²) in [5.74, 6) is 2.00. The maximum absolute atomic E-state index is 9.56. The Labute approximate surface area is 137 Å². The van der Waals surface area contributed by atoms with Crippen molar-refractivity contribution in [1.29, 1.82) is 0 Å². The molecular weight excluding hydrogens is 288 g/mol. The molecule has 1 aliphatic heterocycles. The number of phenolic OH excluding ortho intramolecular Hbond substituents is 1. The zero-order valence-electron chi connectivity index (χ0n) is 13.8. The lowest BCUT2D eigenvalue weighted by atomic mass is 9.97. The molecule has 0 aliphatic carbocycles. The lowest BCUT2D eigenvalue weighted by Crippen LogP contribution is -2.27. The van der Waals surface area contributed by atoms with E-state index < -0.39 is 0 Å². The standard InChI is InChI=1S/C20H22O3/c1-20(2)10-9-17-18(22-3)12-15(13-19(17)23-20)8-7-14-5-4-6-16(21)11-14/h4-6,9-13,21H,7-8H2,1-3H3. The van der Waals surface area contributed by atoms with Crippen LogP contribution in [0.1, 0.15) is 30.5 Å². The second kappa shape index (κ2) is 5.99. The Balaban J connectivity index is 1.85. The molecule has 1 N–H and O–H groups in total. The SMILES string of the molecule is COc1cc(CCc2cccc(O)c2)cc2c1C=CC(C)(C)O2. The van der Waals surface area contributed by atoms with Gasteiger partial charge in [-0.3, -0.25) is 0 Å². The molecule has 0 saturated heterocycles. The predicted molar refractivity (Wildman–Crippen MR) is 92.2 cm³/mol. The molecular formula is C20H22O3. The van der Waals surface area contributed by atoms with Gasteiger partial charge in [0.25, 0.3) is 0 Å². The first kappa shape index (κ1) is 15.5. The Bertz CT molecular complexity index is 745. The highest BCUT2D eigenvalue weighted by molar-refractivity contribution is 5.68. The molecule has 0 fully saturated rings. The second-order valence-corrected chi connectivity index (χ2v) is 6.42. The van der Waals surface area contributed by atoms with E-state index in [1.54, 1.807) is 19.2 Å². The minimum atomic E-state index is -0.304. The van der Waals surface area contributed by atoms with Crippen LogP contribution in [0.5, 0.6) is 17.2 Å². The van der Waals surface area contributed by atoms with E-state index in [-0.39, 0.29) is 5.60 Å². The van der Waals surface area contributed by atoms with E-state index in [4.69, 9.17) is 9.47 Å². The first-order valence-electron chi connectivity index (χ1n) is 7.84. The van der Waals surface area contributed by atoms with Crippen molar-refractivity contribution in [2.45, 2.75) is 32.3 Å². The van der Waals surface area contributed by atoms with Crippen LogP contribution in [0.3, 0.4) is 0 Å².